The predicted molar refractivity (Wildman–Crippen MR) is 74.3 cm³/mol. The molecule has 0 bridgehead atoms. The number of rotatable bonds is 5. The van der Waals surface area contributed by atoms with E-state index in [-0.39, 0.29) is 18.4 Å². The Morgan fingerprint density at radius 2 is 2.29 bits per heavy atom. The van der Waals surface area contributed by atoms with Gasteiger partial charge >= 0.3 is 0 Å². The molecule has 0 radical (unpaired) electrons. The molecule has 1 atom stereocenters. The fourth-order valence-corrected chi connectivity index (χ4v) is 2.59. The number of nitrogens with zero attached hydrogens (tertiary/aromatic N) is 3. The molecule has 2 aliphatic rings. The number of amides is 2. The largest absolute Gasteiger partial charge is 0.375 e. The smallest absolute Gasteiger partial charge is 0.248 e. The number of imidazole rings is 1. The lowest BCUT2D eigenvalue weighted by molar-refractivity contribution is -0.138. The number of carbonyl (C=O) groups is 2. The van der Waals surface area contributed by atoms with Crippen molar-refractivity contribution < 1.29 is 14.3 Å². The molecule has 0 aromatic carbocycles. The average Bonchev–Trinajstić information content (AvgIpc) is 3.19. The molecule has 1 aliphatic heterocycles. The first-order valence-corrected chi connectivity index (χ1v) is 7.24. The van der Waals surface area contributed by atoms with Gasteiger partial charge in [0.1, 0.15) is 12.6 Å². The van der Waals surface area contributed by atoms with E-state index in [2.05, 4.69) is 10.3 Å². The Balaban J connectivity index is 1.71. The molecule has 1 fully saturated rings. The first kappa shape index (κ1) is 14.1. The Labute approximate surface area is 123 Å². The van der Waals surface area contributed by atoms with Gasteiger partial charge in [-0.2, -0.15) is 0 Å². The van der Waals surface area contributed by atoms with Crippen LogP contribution in [0.2, 0.25) is 0 Å². The van der Waals surface area contributed by atoms with Crippen molar-refractivity contribution in [1.82, 2.24) is 19.8 Å². The summed E-state index contributed by atoms with van der Waals surface area (Å²) in [6, 6.07) is -0.407. The summed E-state index contributed by atoms with van der Waals surface area (Å²) in [5, 5.41) is 2.98. The van der Waals surface area contributed by atoms with Crippen molar-refractivity contribution in [2.75, 3.05) is 26.8 Å². The van der Waals surface area contributed by atoms with E-state index in [4.69, 9.17) is 4.74 Å². The Morgan fingerprint density at radius 3 is 3.00 bits per heavy atom. The van der Waals surface area contributed by atoms with Crippen LogP contribution in [0.15, 0.2) is 12.5 Å². The van der Waals surface area contributed by atoms with Gasteiger partial charge in [0.15, 0.2) is 0 Å². The van der Waals surface area contributed by atoms with Gasteiger partial charge in [-0.05, 0) is 18.8 Å². The Morgan fingerprint density at radius 1 is 1.48 bits per heavy atom. The Bertz CT molecular complexity index is 538. The van der Waals surface area contributed by atoms with E-state index in [1.54, 1.807) is 17.4 Å². The van der Waals surface area contributed by atoms with E-state index in [1.807, 2.05) is 4.57 Å². The van der Waals surface area contributed by atoms with E-state index < -0.39 is 6.04 Å². The Hall–Kier alpha value is -1.89. The fourth-order valence-electron chi connectivity index (χ4n) is 2.59. The molecule has 1 N–H and O–H groups in total. The molecule has 7 nitrogen and oxygen atoms in total. The summed E-state index contributed by atoms with van der Waals surface area (Å²) < 4.78 is 6.75. The molecule has 21 heavy (non-hydrogen) atoms. The molecule has 1 saturated carbocycles. The lowest BCUT2D eigenvalue weighted by Gasteiger charge is -2.33. The average molecular weight is 292 g/mol. The summed E-state index contributed by atoms with van der Waals surface area (Å²) in [6.07, 6.45) is 5.75. The normalized spacial score (nSPS) is 21.0. The minimum absolute atomic E-state index is 0.0323. The quantitative estimate of drug-likeness (QED) is 0.825. The van der Waals surface area contributed by atoms with Crippen molar-refractivity contribution in [3.63, 3.8) is 0 Å². The topological polar surface area (TPSA) is 76.5 Å². The van der Waals surface area contributed by atoms with E-state index in [0.717, 1.165) is 12.2 Å². The standard InChI is InChI=1S/C14H20N4O3/c1-21-8-13(19)17-6-11-5-15-9-18(11)12(7-17)14(20)16-4-10-2-3-10/h5,9-10,12H,2-4,6-8H2,1H3,(H,16,20)/t12-/m1/s1. The van der Waals surface area contributed by atoms with E-state index in [0.29, 0.717) is 19.0 Å². The van der Waals surface area contributed by atoms with Gasteiger partial charge in [0.2, 0.25) is 11.8 Å². The molecule has 2 amide bonds. The molecule has 1 aliphatic carbocycles. The van der Waals surface area contributed by atoms with Gasteiger partial charge in [-0.25, -0.2) is 4.98 Å². The second-order valence-corrected chi connectivity index (χ2v) is 5.70. The van der Waals surface area contributed by atoms with Crippen LogP contribution in [0.1, 0.15) is 24.6 Å². The van der Waals surface area contributed by atoms with Crippen molar-refractivity contribution in [2.24, 2.45) is 5.92 Å². The lowest BCUT2D eigenvalue weighted by atomic mass is 10.1. The lowest BCUT2D eigenvalue weighted by Crippen LogP contribution is -2.47. The van der Waals surface area contributed by atoms with Gasteiger partial charge < -0.3 is 19.5 Å². The Kier molecular flexibility index (Phi) is 3.92. The SMILES string of the molecule is COCC(=O)N1Cc2cncn2[C@@H](C(=O)NCC2CC2)C1. The summed E-state index contributed by atoms with van der Waals surface area (Å²) >= 11 is 0. The zero-order chi connectivity index (χ0) is 14.8. The number of fused-ring (bicyclic) bond motifs is 1. The van der Waals surface area contributed by atoms with Crippen molar-refractivity contribution in [1.29, 1.82) is 0 Å². The van der Waals surface area contributed by atoms with Crippen molar-refractivity contribution in [3.8, 4) is 0 Å². The zero-order valence-corrected chi connectivity index (χ0v) is 12.1. The molecular formula is C14H20N4O3. The second kappa shape index (κ2) is 5.85. The van der Waals surface area contributed by atoms with Crippen LogP contribution in [0.4, 0.5) is 0 Å². The maximum Gasteiger partial charge on any atom is 0.248 e. The minimum Gasteiger partial charge on any atom is -0.375 e. The van der Waals surface area contributed by atoms with Crippen LogP contribution in [0.25, 0.3) is 0 Å². The molecule has 2 heterocycles. The number of methoxy groups -OCH3 is 1. The molecule has 1 aromatic rings. The first-order chi connectivity index (χ1) is 10.2. The van der Waals surface area contributed by atoms with Gasteiger partial charge in [-0.3, -0.25) is 9.59 Å². The zero-order valence-electron chi connectivity index (χ0n) is 12.1. The molecule has 114 valence electrons. The highest BCUT2D eigenvalue weighted by Crippen LogP contribution is 2.28. The molecule has 7 heteroatoms. The summed E-state index contributed by atoms with van der Waals surface area (Å²) in [7, 11) is 1.49. The maximum absolute atomic E-state index is 12.4. The van der Waals surface area contributed by atoms with Crippen LogP contribution < -0.4 is 5.32 Å². The highest BCUT2D eigenvalue weighted by atomic mass is 16.5. The predicted octanol–water partition coefficient (Wildman–Crippen LogP) is -0.0610. The molecule has 0 spiro atoms. The first-order valence-electron chi connectivity index (χ1n) is 7.24. The highest BCUT2D eigenvalue weighted by Gasteiger charge is 2.33. The minimum atomic E-state index is -0.407. The third-order valence-corrected chi connectivity index (χ3v) is 4.01. The van der Waals surface area contributed by atoms with E-state index in [1.165, 1.54) is 20.0 Å². The van der Waals surface area contributed by atoms with Crippen LogP contribution in [-0.4, -0.2) is 53.1 Å². The molecule has 1 aromatic heterocycles. The van der Waals surface area contributed by atoms with Gasteiger partial charge in [-0.15, -0.1) is 0 Å². The van der Waals surface area contributed by atoms with Crippen LogP contribution in [0, 0.1) is 5.92 Å². The van der Waals surface area contributed by atoms with Crippen molar-refractivity contribution >= 4 is 11.8 Å². The van der Waals surface area contributed by atoms with Gasteiger partial charge in [-0.1, -0.05) is 0 Å². The van der Waals surface area contributed by atoms with Crippen LogP contribution in [0.5, 0.6) is 0 Å². The number of hydrogen-bond acceptors (Lipinski definition) is 4. The maximum atomic E-state index is 12.4. The van der Waals surface area contributed by atoms with E-state index in [9.17, 15) is 9.59 Å². The van der Waals surface area contributed by atoms with Crippen molar-refractivity contribution in [2.45, 2.75) is 25.4 Å². The van der Waals surface area contributed by atoms with Gasteiger partial charge in [0.05, 0.1) is 25.1 Å². The van der Waals surface area contributed by atoms with Gasteiger partial charge in [0.25, 0.3) is 0 Å². The molecule has 3 rings (SSSR count). The third kappa shape index (κ3) is 3.07. The number of carbonyl (C=O) groups excluding carboxylic acids is 2. The summed E-state index contributed by atoms with van der Waals surface area (Å²) in [5.41, 5.74) is 0.872. The summed E-state index contributed by atoms with van der Waals surface area (Å²) in [6.45, 7) is 1.59. The van der Waals surface area contributed by atoms with Gasteiger partial charge in [0, 0.05) is 19.9 Å². The highest BCUT2D eigenvalue weighted by molar-refractivity contribution is 5.83. The number of hydrogen-bond donors (Lipinski definition) is 1. The number of nitrogens with one attached hydrogen (secondary N) is 1. The second-order valence-electron chi connectivity index (χ2n) is 5.70. The monoisotopic (exact) mass is 292 g/mol. The van der Waals surface area contributed by atoms with Crippen LogP contribution >= 0.6 is 0 Å². The molecular weight excluding hydrogens is 272 g/mol. The number of ether oxygens (including phenoxy) is 1. The van der Waals surface area contributed by atoms with Crippen LogP contribution in [-0.2, 0) is 20.9 Å². The van der Waals surface area contributed by atoms with E-state index >= 15 is 0 Å². The third-order valence-electron chi connectivity index (χ3n) is 4.01. The number of aromatic nitrogens is 2. The molecule has 0 unspecified atom stereocenters. The van der Waals surface area contributed by atoms with Crippen LogP contribution in [0.3, 0.4) is 0 Å². The molecule has 0 saturated heterocycles. The van der Waals surface area contributed by atoms with Crippen molar-refractivity contribution in [3.05, 3.63) is 18.2 Å². The summed E-state index contributed by atoms with van der Waals surface area (Å²) in [4.78, 5) is 30.2. The fraction of sp³-hybridized carbons (Fsp3) is 0.643. The summed E-state index contributed by atoms with van der Waals surface area (Å²) in [5.74, 6) is 0.479.